The molecule has 1 fully saturated rings. The normalized spacial score (nSPS) is 17.3. The highest BCUT2D eigenvalue weighted by Gasteiger charge is 2.29. The quantitative estimate of drug-likeness (QED) is 0.844. The maximum atomic E-state index is 12.8. The molecule has 1 aliphatic rings. The topological polar surface area (TPSA) is 49.4 Å². The number of hydrogen-bond acceptors (Lipinski definition) is 2. The fourth-order valence-electron chi connectivity index (χ4n) is 2.34. The highest BCUT2D eigenvalue weighted by Crippen LogP contribution is 2.12. The van der Waals surface area contributed by atoms with Crippen molar-refractivity contribution in [3.63, 3.8) is 0 Å². The molecular formula is C16H17FN2O2. The highest BCUT2D eigenvalue weighted by molar-refractivity contribution is 5.94. The molecule has 1 atom stereocenters. The van der Waals surface area contributed by atoms with Crippen molar-refractivity contribution in [2.24, 2.45) is 0 Å². The molecule has 1 N–H and O–H groups in total. The number of nitrogens with zero attached hydrogens (tertiary/aromatic N) is 1. The van der Waals surface area contributed by atoms with Crippen molar-refractivity contribution in [1.29, 1.82) is 0 Å². The minimum Gasteiger partial charge on any atom is -0.340 e. The summed E-state index contributed by atoms with van der Waals surface area (Å²) in [4.78, 5) is 25.0. The molecule has 4 nitrogen and oxygen atoms in total. The smallest absolute Gasteiger partial charge is 0.296 e. The molecule has 0 unspecified atom stereocenters. The van der Waals surface area contributed by atoms with Crippen molar-refractivity contribution in [3.8, 4) is 11.8 Å². The van der Waals surface area contributed by atoms with E-state index in [0.717, 1.165) is 5.56 Å². The lowest BCUT2D eigenvalue weighted by molar-refractivity contribution is -0.127. The molecule has 1 saturated heterocycles. The Bertz CT molecular complexity index is 587. The van der Waals surface area contributed by atoms with Gasteiger partial charge in [-0.1, -0.05) is 18.1 Å². The summed E-state index contributed by atoms with van der Waals surface area (Å²) in [6.07, 6.45) is 0.974. The van der Waals surface area contributed by atoms with Crippen LogP contribution in [-0.4, -0.2) is 35.8 Å². The second-order valence-corrected chi connectivity index (χ2v) is 4.97. The molecule has 110 valence electrons. The molecule has 0 aliphatic carbocycles. The maximum absolute atomic E-state index is 12.8. The molecule has 1 aromatic rings. The molecule has 0 spiro atoms. The van der Waals surface area contributed by atoms with Crippen molar-refractivity contribution >= 4 is 11.8 Å². The molecule has 1 heterocycles. The van der Waals surface area contributed by atoms with E-state index < -0.39 is 0 Å². The first-order chi connectivity index (χ1) is 10.1. The number of carbonyl (C=O) groups is 2. The lowest BCUT2D eigenvalue weighted by Crippen LogP contribution is -2.36. The predicted molar refractivity (Wildman–Crippen MR) is 76.7 cm³/mol. The van der Waals surface area contributed by atoms with Gasteiger partial charge in [0.05, 0.1) is 6.04 Å². The van der Waals surface area contributed by atoms with E-state index >= 15 is 0 Å². The molecule has 0 bridgehead atoms. The van der Waals surface area contributed by atoms with Crippen molar-refractivity contribution in [2.45, 2.75) is 25.8 Å². The van der Waals surface area contributed by atoms with E-state index in [1.807, 2.05) is 0 Å². The van der Waals surface area contributed by atoms with Crippen LogP contribution in [0.4, 0.5) is 4.39 Å². The van der Waals surface area contributed by atoms with Crippen LogP contribution in [0.15, 0.2) is 24.3 Å². The Morgan fingerprint density at radius 1 is 1.43 bits per heavy atom. The van der Waals surface area contributed by atoms with Crippen LogP contribution in [0.25, 0.3) is 0 Å². The lowest BCUT2D eigenvalue weighted by Gasteiger charge is -2.16. The summed E-state index contributed by atoms with van der Waals surface area (Å²) in [6.45, 7) is 2.65. The van der Waals surface area contributed by atoms with E-state index in [-0.39, 0.29) is 23.7 Å². The van der Waals surface area contributed by atoms with E-state index in [1.165, 1.54) is 12.1 Å². The van der Waals surface area contributed by atoms with Gasteiger partial charge in [-0.3, -0.25) is 9.59 Å². The summed E-state index contributed by atoms with van der Waals surface area (Å²) in [5, 5.41) is 2.72. The number of benzene rings is 1. The van der Waals surface area contributed by atoms with Gasteiger partial charge in [0.1, 0.15) is 5.82 Å². The minimum atomic E-state index is -0.351. The van der Waals surface area contributed by atoms with Crippen LogP contribution in [0.2, 0.25) is 0 Å². The first kappa shape index (κ1) is 15.0. The van der Waals surface area contributed by atoms with Gasteiger partial charge in [0, 0.05) is 19.5 Å². The molecule has 2 rings (SSSR count). The second kappa shape index (κ2) is 6.89. The second-order valence-electron chi connectivity index (χ2n) is 4.97. The standard InChI is InChI=1S/C16H17FN2O2/c1-2-3-15(20)18-14-10-16(21)19(11-14)9-8-12-4-6-13(17)7-5-12/h4-7,14H,8-11H2,1H3,(H,18,20)/t14-/m0/s1. The van der Waals surface area contributed by atoms with Crippen LogP contribution in [0.1, 0.15) is 18.9 Å². The van der Waals surface area contributed by atoms with Crippen molar-refractivity contribution in [2.75, 3.05) is 13.1 Å². The van der Waals surface area contributed by atoms with Crippen LogP contribution < -0.4 is 5.32 Å². The first-order valence-electron chi connectivity index (χ1n) is 6.84. The van der Waals surface area contributed by atoms with Crippen LogP contribution in [0, 0.1) is 17.7 Å². The average molecular weight is 288 g/mol. The molecule has 0 radical (unpaired) electrons. The fourth-order valence-corrected chi connectivity index (χ4v) is 2.34. The van der Waals surface area contributed by atoms with Gasteiger partial charge < -0.3 is 10.2 Å². The molecule has 5 heteroatoms. The number of rotatable bonds is 4. The van der Waals surface area contributed by atoms with Gasteiger partial charge in [-0.05, 0) is 37.0 Å². The Hall–Kier alpha value is -2.35. The van der Waals surface area contributed by atoms with Gasteiger partial charge in [0.15, 0.2) is 0 Å². The number of carbonyl (C=O) groups excluding carboxylic acids is 2. The van der Waals surface area contributed by atoms with Crippen LogP contribution in [0.5, 0.6) is 0 Å². The predicted octanol–water partition coefficient (Wildman–Crippen LogP) is 1.11. The van der Waals surface area contributed by atoms with E-state index in [0.29, 0.717) is 25.9 Å². The number of likely N-dealkylation sites (tertiary alicyclic amines) is 1. The molecule has 1 aliphatic heterocycles. The lowest BCUT2D eigenvalue weighted by atomic mass is 10.1. The number of nitrogens with one attached hydrogen (secondary N) is 1. The van der Waals surface area contributed by atoms with Gasteiger partial charge in [-0.25, -0.2) is 4.39 Å². The summed E-state index contributed by atoms with van der Waals surface area (Å²) in [5.41, 5.74) is 0.980. The third-order valence-corrected chi connectivity index (χ3v) is 3.37. The monoisotopic (exact) mass is 288 g/mol. The maximum Gasteiger partial charge on any atom is 0.296 e. The molecule has 0 saturated carbocycles. The zero-order chi connectivity index (χ0) is 15.2. The minimum absolute atomic E-state index is 0.0202. The highest BCUT2D eigenvalue weighted by atomic mass is 19.1. The van der Waals surface area contributed by atoms with Crippen LogP contribution in [0.3, 0.4) is 0 Å². The fraction of sp³-hybridized carbons (Fsp3) is 0.375. The number of amides is 2. The summed E-state index contributed by atoms with van der Waals surface area (Å²) in [6, 6.07) is 6.07. The first-order valence-corrected chi connectivity index (χ1v) is 6.84. The van der Waals surface area contributed by atoms with Gasteiger partial charge >= 0.3 is 0 Å². The largest absolute Gasteiger partial charge is 0.340 e. The summed E-state index contributed by atoms with van der Waals surface area (Å²) in [7, 11) is 0. The SMILES string of the molecule is CC#CC(=O)N[C@H]1CC(=O)N(CCc2ccc(F)cc2)C1. The van der Waals surface area contributed by atoms with Gasteiger partial charge in [0.2, 0.25) is 5.91 Å². The Balaban J connectivity index is 1.84. The number of halogens is 1. The van der Waals surface area contributed by atoms with Crippen molar-refractivity contribution < 1.29 is 14.0 Å². The Labute approximate surface area is 123 Å². The van der Waals surface area contributed by atoms with E-state index in [4.69, 9.17) is 0 Å². The third-order valence-electron chi connectivity index (χ3n) is 3.37. The Morgan fingerprint density at radius 2 is 2.14 bits per heavy atom. The van der Waals surface area contributed by atoms with Crippen molar-refractivity contribution in [1.82, 2.24) is 10.2 Å². The molecule has 21 heavy (non-hydrogen) atoms. The van der Waals surface area contributed by atoms with E-state index in [9.17, 15) is 14.0 Å². The summed E-state index contributed by atoms with van der Waals surface area (Å²) in [5.74, 6) is 4.32. The van der Waals surface area contributed by atoms with E-state index in [1.54, 1.807) is 24.0 Å². The van der Waals surface area contributed by atoms with Crippen LogP contribution in [-0.2, 0) is 16.0 Å². The zero-order valence-electron chi connectivity index (χ0n) is 11.9. The summed E-state index contributed by atoms with van der Waals surface area (Å²) >= 11 is 0. The Morgan fingerprint density at radius 3 is 2.81 bits per heavy atom. The van der Waals surface area contributed by atoms with Gasteiger partial charge in [-0.15, -0.1) is 0 Å². The molecule has 0 aromatic heterocycles. The zero-order valence-corrected chi connectivity index (χ0v) is 11.9. The molecule has 2 amide bonds. The third kappa shape index (κ3) is 4.32. The van der Waals surface area contributed by atoms with E-state index in [2.05, 4.69) is 17.2 Å². The molecular weight excluding hydrogens is 271 g/mol. The average Bonchev–Trinajstić information content (AvgIpc) is 2.78. The number of hydrogen-bond donors (Lipinski definition) is 1. The molecule has 1 aromatic carbocycles. The van der Waals surface area contributed by atoms with Gasteiger partial charge in [0.25, 0.3) is 5.91 Å². The van der Waals surface area contributed by atoms with Crippen molar-refractivity contribution in [3.05, 3.63) is 35.6 Å². The van der Waals surface area contributed by atoms with Gasteiger partial charge in [-0.2, -0.15) is 0 Å². The summed E-state index contributed by atoms with van der Waals surface area (Å²) < 4.78 is 12.8. The Kier molecular flexibility index (Phi) is 4.94. The van der Waals surface area contributed by atoms with Crippen LogP contribution >= 0.6 is 0 Å².